The van der Waals surface area contributed by atoms with E-state index >= 15 is 0 Å². The first kappa shape index (κ1) is 14.0. The van der Waals surface area contributed by atoms with E-state index in [0.717, 1.165) is 5.75 Å². The molecule has 0 heterocycles. The minimum atomic E-state index is 0.389. The van der Waals surface area contributed by atoms with Crippen LogP contribution in [-0.4, -0.2) is 14.2 Å². The molecule has 0 saturated heterocycles. The highest BCUT2D eigenvalue weighted by atomic mass is 32.2. The maximum atomic E-state index is 5.16. The number of hydrogen-bond donors (Lipinski definition) is 1. The number of benzene rings is 2. The molecule has 2 aromatic rings. The topological polar surface area (TPSA) is 21.3 Å². The Bertz CT molecular complexity index is 507. The van der Waals surface area contributed by atoms with Gasteiger partial charge in [0.1, 0.15) is 5.75 Å². The van der Waals surface area contributed by atoms with E-state index < -0.39 is 0 Å². The van der Waals surface area contributed by atoms with Gasteiger partial charge in [-0.15, -0.1) is 0 Å². The van der Waals surface area contributed by atoms with Gasteiger partial charge in [-0.2, -0.15) is 0 Å². The Kier molecular flexibility index (Phi) is 4.88. The molecule has 0 bridgehead atoms. The first-order chi connectivity index (χ1) is 9.22. The van der Waals surface area contributed by atoms with Crippen molar-refractivity contribution < 1.29 is 4.74 Å². The second-order valence-electron chi connectivity index (χ2n) is 4.36. The summed E-state index contributed by atoms with van der Waals surface area (Å²) in [6.45, 7) is 2.16. The van der Waals surface area contributed by atoms with Gasteiger partial charge >= 0.3 is 0 Å². The molecule has 0 aliphatic heterocycles. The number of nitrogens with one attached hydrogen (secondary N) is 1. The van der Waals surface area contributed by atoms with Crippen LogP contribution in [0.4, 0.5) is 0 Å². The smallest absolute Gasteiger partial charge is 0.118 e. The zero-order valence-electron chi connectivity index (χ0n) is 11.5. The van der Waals surface area contributed by atoms with Crippen LogP contribution >= 0.6 is 11.8 Å². The van der Waals surface area contributed by atoms with Gasteiger partial charge < -0.3 is 10.1 Å². The van der Waals surface area contributed by atoms with Crippen LogP contribution in [0.2, 0.25) is 0 Å². The predicted octanol–water partition coefficient (Wildman–Crippen LogP) is 4.13. The van der Waals surface area contributed by atoms with Crippen molar-refractivity contribution in [1.82, 2.24) is 5.32 Å². The van der Waals surface area contributed by atoms with Crippen LogP contribution in [-0.2, 0) is 0 Å². The molecule has 0 amide bonds. The Morgan fingerprint density at radius 1 is 0.947 bits per heavy atom. The number of ether oxygens (including phenoxy) is 1. The van der Waals surface area contributed by atoms with E-state index in [1.165, 1.54) is 15.4 Å². The summed E-state index contributed by atoms with van der Waals surface area (Å²) in [4.78, 5) is 2.47. The third kappa shape index (κ3) is 3.75. The van der Waals surface area contributed by atoms with Crippen LogP contribution in [0, 0.1) is 0 Å². The van der Waals surface area contributed by atoms with Crippen molar-refractivity contribution in [1.29, 1.82) is 0 Å². The molecule has 0 spiro atoms. The molecule has 0 fully saturated rings. The zero-order chi connectivity index (χ0) is 13.7. The normalized spacial score (nSPS) is 12.2. The Hall–Kier alpha value is -1.45. The van der Waals surface area contributed by atoms with Gasteiger partial charge in [-0.05, 0) is 55.9 Å². The Labute approximate surface area is 119 Å². The molecule has 0 radical (unpaired) electrons. The van der Waals surface area contributed by atoms with Crippen LogP contribution in [0.5, 0.6) is 5.75 Å². The van der Waals surface area contributed by atoms with Crippen LogP contribution < -0.4 is 10.1 Å². The SMILES string of the molecule is CNC(C)c1ccc(Sc2ccc(OC)cc2)cc1. The van der Waals surface area contributed by atoms with Gasteiger partial charge in [0.2, 0.25) is 0 Å². The zero-order valence-corrected chi connectivity index (χ0v) is 12.3. The summed E-state index contributed by atoms with van der Waals surface area (Å²) in [6, 6.07) is 17.2. The Balaban J connectivity index is 2.06. The van der Waals surface area contributed by atoms with Gasteiger partial charge in [0.05, 0.1) is 7.11 Å². The number of rotatable bonds is 5. The summed E-state index contributed by atoms with van der Waals surface area (Å²) in [7, 11) is 3.66. The lowest BCUT2D eigenvalue weighted by atomic mass is 10.1. The summed E-state index contributed by atoms with van der Waals surface area (Å²) in [5.41, 5.74) is 1.31. The van der Waals surface area contributed by atoms with Crippen LogP contribution in [0.25, 0.3) is 0 Å². The molecule has 3 heteroatoms. The fourth-order valence-corrected chi connectivity index (χ4v) is 2.59. The molecule has 1 unspecified atom stereocenters. The highest BCUT2D eigenvalue weighted by molar-refractivity contribution is 7.99. The first-order valence-electron chi connectivity index (χ1n) is 6.32. The molecule has 19 heavy (non-hydrogen) atoms. The van der Waals surface area contributed by atoms with E-state index in [1.54, 1.807) is 18.9 Å². The van der Waals surface area contributed by atoms with Crippen molar-refractivity contribution in [3.05, 3.63) is 54.1 Å². The Morgan fingerprint density at radius 3 is 1.95 bits per heavy atom. The fraction of sp³-hybridized carbons (Fsp3) is 0.250. The molecule has 2 nitrogen and oxygen atoms in total. The van der Waals surface area contributed by atoms with Gasteiger partial charge in [0.15, 0.2) is 0 Å². The van der Waals surface area contributed by atoms with Crippen LogP contribution in [0.3, 0.4) is 0 Å². The first-order valence-corrected chi connectivity index (χ1v) is 7.13. The van der Waals surface area contributed by atoms with Crippen molar-refractivity contribution in [3.63, 3.8) is 0 Å². The Morgan fingerprint density at radius 2 is 1.47 bits per heavy atom. The molecule has 1 atom stereocenters. The quantitative estimate of drug-likeness (QED) is 0.885. The average Bonchev–Trinajstić information content (AvgIpc) is 2.48. The largest absolute Gasteiger partial charge is 0.497 e. The van der Waals surface area contributed by atoms with Gasteiger partial charge in [-0.25, -0.2) is 0 Å². The van der Waals surface area contributed by atoms with E-state index in [0.29, 0.717) is 6.04 Å². The minimum Gasteiger partial charge on any atom is -0.497 e. The molecule has 0 saturated carbocycles. The maximum Gasteiger partial charge on any atom is 0.118 e. The van der Waals surface area contributed by atoms with Crippen LogP contribution in [0.15, 0.2) is 58.3 Å². The molecule has 1 N–H and O–H groups in total. The average molecular weight is 273 g/mol. The van der Waals surface area contributed by atoms with E-state index in [4.69, 9.17) is 4.74 Å². The van der Waals surface area contributed by atoms with Crippen molar-refractivity contribution in [2.75, 3.05) is 14.2 Å². The van der Waals surface area contributed by atoms with Crippen molar-refractivity contribution in [2.24, 2.45) is 0 Å². The summed E-state index contributed by atoms with van der Waals surface area (Å²) in [5.74, 6) is 0.891. The van der Waals surface area contributed by atoms with E-state index in [-0.39, 0.29) is 0 Å². The summed E-state index contributed by atoms with van der Waals surface area (Å²) < 4.78 is 5.16. The summed E-state index contributed by atoms with van der Waals surface area (Å²) in [5, 5.41) is 3.24. The highest BCUT2D eigenvalue weighted by Crippen LogP contribution is 2.29. The lowest BCUT2D eigenvalue weighted by molar-refractivity contribution is 0.414. The maximum absolute atomic E-state index is 5.16. The molecule has 100 valence electrons. The van der Waals surface area contributed by atoms with Crippen molar-refractivity contribution in [3.8, 4) is 5.75 Å². The van der Waals surface area contributed by atoms with Gasteiger partial charge in [0.25, 0.3) is 0 Å². The molecule has 2 aromatic carbocycles. The highest BCUT2D eigenvalue weighted by Gasteiger charge is 2.03. The van der Waals surface area contributed by atoms with E-state index in [9.17, 15) is 0 Å². The third-order valence-electron chi connectivity index (χ3n) is 3.11. The fourth-order valence-electron chi connectivity index (χ4n) is 1.77. The van der Waals surface area contributed by atoms with Gasteiger partial charge in [-0.3, -0.25) is 0 Å². The van der Waals surface area contributed by atoms with E-state index in [1.807, 2.05) is 19.2 Å². The second kappa shape index (κ2) is 6.64. The second-order valence-corrected chi connectivity index (χ2v) is 5.50. The lowest BCUT2D eigenvalue weighted by Gasteiger charge is -2.11. The summed E-state index contributed by atoms with van der Waals surface area (Å²) >= 11 is 1.76. The van der Waals surface area contributed by atoms with Gasteiger partial charge in [-0.1, -0.05) is 23.9 Å². The predicted molar refractivity (Wildman–Crippen MR) is 81.0 cm³/mol. The minimum absolute atomic E-state index is 0.389. The van der Waals surface area contributed by atoms with Crippen LogP contribution in [0.1, 0.15) is 18.5 Å². The van der Waals surface area contributed by atoms with E-state index in [2.05, 4.69) is 48.6 Å². The molecule has 0 aromatic heterocycles. The molecule has 0 aliphatic carbocycles. The third-order valence-corrected chi connectivity index (χ3v) is 4.12. The molecule has 2 rings (SSSR count). The number of hydrogen-bond acceptors (Lipinski definition) is 3. The molecular formula is C16H19NOS. The molecular weight excluding hydrogens is 254 g/mol. The monoisotopic (exact) mass is 273 g/mol. The van der Waals surface area contributed by atoms with Gasteiger partial charge in [0, 0.05) is 15.8 Å². The summed E-state index contributed by atoms with van der Waals surface area (Å²) in [6.07, 6.45) is 0. The van der Waals surface area contributed by atoms with Crippen molar-refractivity contribution >= 4 is 11.8 Å². The standard InChI is InChI=1S/C16H19NOS/c1-12(17-2)13-4-8-15(9-5-13)19-16-10-6-14(18-3)7-11-16/h4-12,17H,1-3H3. The number of methoxy groups -OCH3 is 1. The molecule has 0 aliphatic rings. The van der Waals surface area contributed by atoms with Crippen molar-refractivity contribution in [2.45, 2.75) is 22.8 Å². The lowest BCUT2D eigenvalue weighted by Crippen LogP contribution is -2.11.